The van der Waals surface area contributed by atoms with Gasteiger partial charge in [-0.2, -0.15) is 0 Å². The third kappa shape index (κ3) is 5.54. The predicted molar refractivity (Wildman–Crippen MR) is 121 cm³/mol. The molecule has 1 amide bonds. The van der Waals surface area contributed by atoms with E-state index >= 15 is 0 Å². The maximum Gasteiger partial charge on any atom is 0.335 e. The molecule has 164 valence electrons. The number of hydrogen-bond donors (Lipinski definition) is 2. The van der Waals surface area contributed by atoms with Crippen LogP contribution in [0.3, 0.4) is 0 Å². The monoisotopic (exact) mass is 441 g/mol. The van der Waals surface area contributed by atoms with Gasteiger partial charge in [-0.1, -0.05) is 61.9 Å². The Bertz CT molecular complexity index is 950. The third-order valence-electron chi connectivity index (χ3n) is 6.06. The molecule has 0 aliphatic carbocycles. The molecule has 0 bridgehead atoms. The molecule has 2 aromatic carbocycles. The number of aliphatic hydroxyl groups excluding tert-OH is 1. The van der Waals surface area contributed by atoms with Crippen LogP contribution in [0.1, 0.15) is 48.2 Å². The van der Waals surface area contributed by atoms with E-state index in [0.717, 1.165) is 17.5 Å². The van der Waals surface area contributed by atoms with Gasteiger partial charge in [-0.15, -0.1) is 0 Å². The Morgan fingerprint density at radius 1 is 1.19 bits per heavy atom. The van der Waals surface area contributed by atoms with Gasteiger partial charge >= 0.3 is 5.97 Å². The first-order valence-electron chi connectivity index (χ1n) is 10.4. The van der Waals surface area contributed by atoms with Crippen molar-refractivity contribution in [1.82, 2.24) is 4.90 Å². The first-order chi connectivity index (χ1) is 14.7. The smallest absolute Gasteiger partial charge is 0.335 e. The standard InChI is InChI=1S/C25H28ClNO4/c1-25(2,19-7-9-20(26)10-8-19)22(28)13-11-21-12-14-23(29)27(21)16-15-17-3-5-18(6-4-17)24(30)31/h3-11,13,21-22,28H,12,14-16H2,1-2H3,(H,30,31)/b13-11+/t21-,22-/m0/s1. The SMILES string of the molecule is CC(C)(c1ccc(Cl)cc1)[C@@H](O)/C=C/[C@H]1CCC(=O)N1CCc1ccc(C(=O)O)cc1. The van der Waals surface area contributed by atoms with Crippen LogP contribution in [0.2, 0.25) is 5.02 Å². The molecule has 31 heavy (non-hydrogen) atoms. The number of likely N-dealkylation sites (tertiary alicyclic amines) is 1. The first-order valence-corrected chi connectivity index (χ1v) is 10.8. The van der Waals surface area contributed by atoms with Crippen molar-refractivity contribution >= 4 is 23.5 Å². The van der Waals surface area contributed by atoms with Gasteiger partial charge in [-0.25, -0.2) is 4.79 Å². The average molecular weight is 442 g/mol. The van der Waals surface area contributed by atoms with Crippen molar-refractivity contribution in [3.63, 3.8) is 0 Å². The highest BCUT2D eigenvalue weighted by Crippen LogP contribution is 2.30. The van der Waals surface area contributed by atoms with E-state index in [2.05, 4.69) is 0 Å². The normalized spacial score (nSPS) is 18.0. The van der Waals surface area contributed by atoms with Crippen LogP contribution >= 0.6 is 11.6 Å². The molecule has 1 aliphatic rings. The van der Waals surface area contributed by atoms with Gasteiger partial charge in [0.1, 0.15) is 0 Å². The fraction of sp³-hybridized carbons (Fsp3) is 0.360. The molecule has 0 aromatic heterocycles. The minimum atomic E-state index is -0.952. The number of aromatic carboxylic acids is 1. The van der Waals surface area contributed by atoms with Gasteiger partial charge in [0.15, 0.2) is 0 Å². The molecular weight excluding hydrogens is 414 g/mol. The molecule has 1 heterocycles. The first kappa shape index (κ1) is 23.0. The van der Waals surface area contributed by atoms with Crippen LogP contribution < -0.4 is 0 Å². The van der Waals surface area contributed by atoms with E-state index in [1.54, 1.807) is 30.3 Å². The van der Waals surface area contributed by atoms with Crippen LogP contribution in [0.15, 0.2) is 60.7 Å². The van der Waals surface area contributed by atoms with Crippen LogP contribution in [0, 0.1) is 0 Å². The summed E-state index contributed by atoms with van der Waals surface area (Å²) in [6.45, 7) is 4.50. The molecule has 6 heteroatoms. The van der Waals surface area contributed by atoms with Gasteiger partial charge in [0, 0.05) is 23.4 Å². The lowest BCUT2D eigenvalue weighted by Gasteiger charge is -2.30. The van der Waals surface area contributed by atoms with Crippen LogP contribution in [0.4, 0.5) is 0 Å². The van der Waals surface area contributed by atoms with Gasteiger partial charge in [0.25, 0.3) is 0 Å². The number of rotatable bonds is 8. The molecule has 3 rings (SSSR count). The molecule has 0 saturated carbocycles. The Morgan fingerprint density at radius 2 is 1.84 bits per heavy atom. The summed E-state index contributed by atoms with van der Waals surface area (Å²) in [5.74, 6) is -0.852. The van der Waals surface area contributed by atoms with Crippen molar-refractivity contribution in [2.45, 2.75) is 50.7 Å². The molecule has 0 spiro atoms. The fourth-order valence-corrected chi connectivity index (χ4v) is 3.96. The summed E-state index contributed by atoms with van der Waals surface area (Å²) >= 11 is 5.97. The minimum absolute atomic E-state index is 0.0542. The number of hydrogen-bond acceptors (Lipinski definition) is 3. The van der Waals surface area contributed by atoms with Crippen molar-refractivity contribution < 1.29 is 19.8 Å². The largest absolute Gasteiger partial charge is 0.478 e. The second-order valence-corrected chi connectivity index (χ2v) is 8.94. The zero-order valence-corrected chi connectivity index (χ0v) is 18.5. The van der Waals surface area contributed by atoms with Crippen LogP contribution in [-0.2, 0) is 16.6 Å². The molecule has 2 atom stereocenters. The predicted octanol–water partition coefficient (Wildman–Crippen LogP) is 4.47. The molecular formula is C25H28ClNO4. The lowest BCUT2D eigenvalue weighted by Crippen LogP contribution is -2.35. The van der Waals surface area contributed by atoms with Crippen LogP contribution in [-0.4, -0.2) is 45.7 Å². The average Bonchev–Trinajstić information content (AvgIpc) is 3.10. The van der Waals surface area contributed by atoms with E-state index in [4.69, 9.17) is 16.7 Å². The molecule has 1 fully saturated rings. The van der Waals surface area contributed by atoms with E-state index in [1.807, 2.05) is 49.1 Å². The summed E-state index contributed by atoms with van der Waals surface area (Å²) in [5, 5.41) is 20.5. The van der Waals surface area contributed by atoms with Crippen molar-refractivity contribution in [3.8, 4) is 0 Å². The maximum absolute atomic E-state index is 12.4. The zero-order chi connectivity index (χ0) is 22.6. The quantitative estimate of drug-likeness (QED) is 0.592. The van der Waals surface area contributed by atoms with Crippen molar-refractivity contribution in [2.75, 3.05) is 6.54 Å². The summed E-state index contributed by atoms with van der Waals surface area (Å²) in [4.78, 5) is 25.2. The number of halogens is 1. The van der Waals surface area contributed by atoms with Gasteiger partial charge in [0.2, 0.25) is 5.91 Å². The molecule has 5 nitrogen and oxygen atoms in total. The Balaban J connectivity index is 1.64. The van der Waals surface area contributed by atoms with E-state index in [-0.39, 0.29) is 17.5 Å². The van der Waals surface area contributed by atoms with Crippen molar-refractivity contribution in [1.29, 1.82) is 0 Å². The highest BCUT2D eigenvalue weighted by Gasteiger charge is 2.31. The van der Waals surface area contributed by atoms with Crippen LogP contribution in [0.25, 0.3) is 0 Å². The maximum atomic E-state index is 12.4. The van der Waals surface area contributed by atoms with E-state index in [1.165, 1.54) is 0 Å². The van der Waals surface area contributed by atoms with Gasteiger partial charge in [-0.05, 0) is 48.2 Å². The molecule has 2 aromatic rings. The molecule has 2 N–H and O–H groups in total. The third-order valence-corrected chi connectivity index (χ3v) is 6.31. The lowest BCUT2D eigenvalue weighted by atomic mass is 9.79. The van der Waals surface area contributed by atoms with E-state index in [9.17, 15) is 14.7 Å². The molecule has 0 unspecified atom stereocenters. The highest BCUT2D eigenvalue weighted by atomic mass is 35.5. The highest BCUT2D eigenvalue weighted by molar-refractivity contribution is 6.30. The summed E-state index contributed by atoms with van der Waals surface area (Å²) < 4.78 is 0. The topological polar surface area (TPSA) is 77.8 Å². The number of amides is 1. The van der Waals surface area contributed by atoms with E-state index < -0.39 is 17.5 Å². The Morgan fingerprint density at radius 3 is 2.45 bits per heavy atom. The Labute approximate surface area is 188 Å². The number of aliphatic hydroxyl groups is 1. The summed E-state index contributed by atoms with van der Waals surface area (Å²) in [6.07, 6.45) is 4.86. The second-order valence-electron chi connectivity index (χ2n) is 8.50. The van der Waals surface area contributed by atoms with E-state index in [0.29, 0.717) is 24.4 Å². The number of nitrogens with zero attached hydrogens (tertiary/aromatic N) is 1. The summed E-state index contributed by atoms with van der Waals surface area (Å²) in [7, 11) is 0. The lowest BCUT2D eigenvalue weighted by molar-refractivity contribution is -0.128. The van der Waals surface area contributed by atoms with Gasteiger partial charge in [-0.3, -0.25) is 4.79 Å². The molecule has 1 saturated heterocycles. The number of carboxylic acids is 1. The van der Waals surface area contributed by atoms with Crippen molar-refractivity contribution in [2.24, 2.45) is 0 Å². The minimum Gasteiger partial charge on any atom is -0.478 e. The number of benzene rings is 2. The second kappa shape index (κ2) is 9.67. The van der Waals surface area contributed by atoms with Gasteiger partial charge in [0.05, 0.1) is 17.7 Å². The molecule has 1 aliphatic heterocycles. The Hall–Kier alpha value is -2.63. The van der Waals surface area contributed by atoms with Gasteiger partial charge < -0.3 is 15.1 Å². The number of carboxylic acid groups (broad SMARTS) is 1. The fourth-order valence-electron chi connectivity index (χ4n) is 3.83. The van der Waals surface area contributed by atoms with Crippen molar-refractivity contribution in [3.05, 3.63) is 82.4 Å². The summed E-state index contributed by atoms with van der Waals surface area (Å²) in [5.41, 5.74) is 1.72. The number of carbonyl (C=O) groups excluding carboxylic acids is 1. The Kier molecular flexibility index (Phi) is 7.19. The summed E-state index contributed by atoms with van der Waals surface area (Å²) in [6, 6.07) is 14.1. The van der Waals surface area contributed by atoms with Crippen LogP contribution in [0.5, 0.6) is 0 Å². The zero-order valence-electron chi connectivity index (χ0n) is 17.8. The number of carbonyl (C=O) groups is 2. The molecule has 0 radical (unpaired) electrons.